The summed E-state index contributed by atoms with van der Waals surface area (Å²) in [6, 6.07) is 11.2. The molecular weight excluding hydrogens is 608 g/mol. The highest BCUT2D eigenvalue weighted by Crippen LogP contribution is 2.37. The second-order valence-electron chi connectivity index (χ2n) is 12.9. The third-order valence-electron chi connectivity index (χ3n) is 7.97. The van der Waals surface area contributed by atoms with Crippen LogP contribution in [-0.4, -0.2) is 46.3 Å². The third-order valence-corrected chi connectivity index (χ3v) is 8.75. The number of nitrogens with zero attached hydrogens (tertiary/aromatic N) is 4. The summed E-state index contributed by atoms with van der Waals surface area (Å²) in [6.07, 6.45) is 2.62. The Morgan fingerprint density at radius 2 is 1.84 bits per heavy atom. The fraction of sp³-hybridized carbons (Fsp3) is 0.559. The minimum atomic E-state index is -0.691. The summed E-state index contributed by atoms with van der Waals surface area (Å²) in [7, 11) is 1.62. The van der Waals surface area contributed by atoms with Crippen LogP contribution in [0.1, 0.15) is 85.2 Å². The first-order valence-electron chi connectivity index (χ1n) is 15.5. The Morgan fingerprint density at radius 3 is 2.44 bits per heavy atom. The van der Waals surface area contributed by atoms with Crippen LogP contribution in [0.25, 0.3) is 10.9 Å². The van der Waals surface area contributed by atoms with Crippen molar-refractivity contribution in [2.24, 2.45) is 11.8 Å². The van der Waals surface area contributed by atoms with Crippen LogP contribution in [-0.2, 0) is 17.8 Å². The average molecular weight is 656 g/mol. The van der Waals surface area contributed by atoms with E-state index in [-0.39, 0.29) is 18.1 Å². The Hall–Kier alpha value is -2.91. The molecule has 2 aromatic carbocycles. The van der Waals surface area contributed by atoms with E-state index in [2.05, 4.69) is 41.6 Å². The molecular formula is C34H47BrN4O4. The number of benzene rings is 2. The van der Waals surface area contributed by atoms with Crippen LogP contribution < -0.4 is 15.2 Å². The van der Waals surface area contributed by atoms with E-state index < -0.39 is 11.7 Å². The van der Waals surface area contributed by atoms with E-state index in [4.69, 9.17) is 14.5 Å². The van der Waals surface area contributed by atoms with Gasteiger partial charge in [-0.25, -0.2) is 9.78 Å². The van der Waals surface area contributed by atoms with Crippen LogP contribution in [0.3, 0.4) is 0 Å². The summed E-state index contributed by atoms with van der Waals surface area (Å²) in [5.41, 5.74) is 1.27. The third kappa shape index (κ3) is 7.60. The lowest BCUT2D eigenvalue weighted by molar-refractivity contribution is 0.0577. The number of piperidine rings is 1. The molecule has 0 aliphatic carbocycles. The Kier molecular flexibility index (Phi) is 10.6. The van der Waals surface area contributed by atoms with Gasteiger partial charge in [0.1, 0.15) is 17.2 Å². The molecule has 234 valence electrons. The number of halogens is 1. The number of carbonyl (C=O) groups is 1. The van der Waals surface area contributed by atoms with Crippen LogP contribution in [0.2, 0.25) is 0 Å². The van der Waals surface area contributed by atoms with Crippen molar-refractivity contribution in [1.82, 2.24) is 14.5 Å². The van der Waals surface area contributed by atoms with Crippen molar-refractivity contribution < 1.29 is 14.3 Å². The molecule has 8 nitrogen and oxygen atoms in total. The molecule has 3 aromatic rings. The lowest BCUT2D eigenvalue weighted by Gasteiger charge is -2.40. The van der Waals surface area contributed by atoms with Gasteiger partial charge in [-0.15, -0.1) is 0 Å². The van der Waals surface area contributed by atoms with Gasteiger partial charge < -0.3 is 9.47 Å². The maximum absolute atomic E-state index is 14.0. The van der Waals surface area contributed by atoms with Gasteiger partial charge in [0.15, 0.2) is 0 Å². The Morgan fingerprint density at radius 1 is 1.14 bits per heavy atom. The molecule has 1 fully saturated rings. The molecule has 0 saturated carbocycles. The quantitative estimate of drug-likeness (QED) is 0.233. The first-order valence-corrected chi connectivity index (χ1v) is 16.3. The van der Waals surface area contributed by atoms with Crippen LogP contribution in [0.5, 0.6) is 5.75 Å². The van der Waals surface area contributed by atoms with Gasteiger partial charge in [-0.1, -0.05) is 39.3 Å². The van der Waals surface area contributed by atoms with Crippen molar-refractivity contribution in [3.8, 4) is 5.75 Å². The second-order valence-corrected chi connectivity index (χ2v) is 13.7. The molecule has 1 aromatic heterocycles. The van der Waals surface area contributed by atoms with Gasteiger partial charge in [0.05, 0.1) is 40.8 Å². The monoisotopic (exact) mass is 654 g/mol. The molecule has 0 bridgehead atoms. The summed E-state index contributed by atoms with van der Waals surface area (Å²) in [5.74, 6) is 2.66. The highest BCUT2D eigenvalue weighted by Gasteiger charge is 2.32. The first-order chi connectivity index (χ1) is 20.4. The number of fused-ring (bicyclic) bond motifs is 1. The molecule has 0 N–H and O–H groups in total. The molecule has 4 rings (SSSR count). The van der Waals surface area contributed by atoms with Crippen LogP contribution in [0.4, 0.5) is 10.5 Å². The predicted octanol–water partition coefficient (Wildman–Crippen LogP) is 7.95. The normalized spacial score (nSPS) is 18.4. The summed E-state index contributed by atoms with van der Waals surface area (Å²) < 4.78 is 13.7. The van der Waals surface area contributed by atoms with E-state index in [9.17, 15) is 9.59 Å². The van der Waals surface area contributed by atoms with E-state index in [1.807, 2.05) is 56.5 Å². The SMILES string of the molecule is CCCC(c1nc2c(Br)c(N(Cc3cccc(OC)c3)C(=O)OC(C)(C)C)ccc2c(=O)n1CC)N1C[C@H](C)C[C@H](C)C1. The van der Waals surface area contributed by atoms with Gasteiger partial charge in [-0.2, -0.15) is 0 Å². The minimum Gasteiger partial charge on any atom is -0.497 e. The van der Waals surface area contributed by atoms with E-state index in [1.165, 1.54) is 6.42 Å². The van der Waals surface area contributed by atoms with E-state index in [0.29, 0.717) is 45.2 Å². The van der Waals surface area contributed by atoms with Crippen molar-refractivity contribution in [3.63, 3.8) is 0 Å². The highest BCUT2D eigenvalue weighted by molar-refractivity contribution is 9.10. The summed E-state index contributed by atoms with van der Waals surface area (Å²) in [5, 5.41) is 0.516. The topological polar surface area (TPSA) is 76.9 Å². The highest BCUT2D eigenvalue weighted by atomic mass is 79.9. The number of methoxy groups -OCH3 is 1. The predicted molar refractivity (Wildman–Crippen MR) is 177 cm³/mol. The summed E-state index contributed by atoms with van der Waals surface area (Å²) >= 11 is 3.79. The largest absolute Gasteiger partial charge is 0.497 e. The van der Waals surface area contributed by atoms with E-state index in [1.54, 1.807) is 24.1 Å². The number of aromatic nitrogens is 2. The molecule has 2 heterocycles. The van der Waals surface area contributed by atoms with Gasteiger partial charge in [0.2, 0.25) is 0 Å². The number of rotatable bonds is 9. The zero-order valence-corrected chi connectivity index (χ0v) is 28.5. The van der Waals surface area contributed by atoms with Crippen LogP contribution >= 0.6 is 15.9 Å². The Bertz CT molecular complexity index is 1490. The molecule has 3 atom stereocenters. The second kappa shape index (κ2) is 13.8. The number of hydrogen-bond donors (Lipinski definition) is 0. The van der Waals surface area contributed by atoms with E-state index in [0.717, 1.165) is 37.3 Å². The van der Waals surface area contributed by atoms with Gasteiger partial charge in [-0.3, -0.25) is 19.2 Å². The van der Waals surface area contributed by atoms with Crippen LogP contribution in [0, 0.1) is 11.8 Å². The molecule has 1 saturated heterocycles. The van der Waals surface area contributed by atoms with Crippen molar-refractivity contribution in [1.29, 1.82) is 0 Å². The minimum absolute atomic E-state index is 0.0292. The van der Waals surface area contributed by atoms with Crippen molar-refractivity contribution in [2.45, 2.75) is 92.5 Å². The van der Waals surface area contributed by atoms with Gasteiger partial charge in [0.25, 0.3) is 5.56 Å². The molecule has 1 unspecified atom stereocenters. The number of hydrogen-bond acceptors (Lipinski definition) is 6. The number of ether oxygens (including phenoxy) is 2. The molecule has 1 aliphatic rings. The number of likely N-dealkylation sites (tertiary alicyclic amines) is 1. The fourth-order valence-electron chi connectivity index (χ4n) is 6.26. The van der Waals surface area contributed by atoms with Gasteiger partial charge in [0, 0.05) is 19.6 Å². The standard InChI is InChI=1S/C34H47BrN4O4/c1-9-12-28(37-19-22(3)17-23(4)20-37)31-36-30-26(32(40)38(31)10-2)15-16-27(29(30)35)39(33(41)43-34(5,6)7)21-24-13-11-14-25(18-24)42-8/h11,13-16,18,22-23,28H,9-10,12,17,19-21H2,1-8H3/t22-,23+,28?. The van der Waals surface area contributed by atoms with Gasteiger partial charge in [-0.05, 0) is 98.1 Å². The molecule has 43 heavy (non-hydrogen) atoms. The fourth-order valence-corrected chi connectivity index (χ4v) is 6.91. The van der Waals surface area contributed by atoms with Crippen molar-refractivity contribution >= 4 is 38.6 Å². The molecule has 0 radical (unpaired) electrons. The zero-order chi connectivity index (χ0) is 31.5. The zero-order valence-electron chi connectivity index (χ0n) is 26.9. The van der Waals surface area contributed by atoms with Crippen molar-refractivity contribution in [2.75, 3.05) is 25.1 Å². The molecule has 0 spiro atoms. The summed E-state index contributed by atoms with van der Waals surface area (Å²) in [4.78, 5) is 37.0. The average Bonchev–Trinajstić information content (AvgIpc) is 2.94. The lowest BCUT2D eigenvalue weighted by atomic mass is 9.90. The molecule has 9 heteroatoms. The first kappa shape index (κ1) is 33.0. The smallest absolute Gasteiger partial charge is 0.415 e. The van der Waals surface area contributed by atoms with Gasteiger partial charge >= 0.3 is 6.09 Å². The maximum Gasteiger partial charge on any atom is 0.415 e. The number of amides is 1. The number of carbonyl (C=O) groups excluding carboxylic acids is 1. The molecule has 1 aliphatic heterocycles. The summed E-state index contributed by atoms with van der Waals surface area (Å²) in [6.45, 7) is 17.1. The Labute approximate surface area is 264 Å². The Balaban J connectivity index is 1.88. The molecule has 1 amide bonds. The van der Waals surface area contributed by atoms with E-state index >= 15 is 0 Å². The van der Waals surface area contributed by atoms with Crippen LogP contribution in [0.15, 0.2) is 45.7 Å². The number of anilines is 1. The van der Waals surface area contributed by atoms with Crippen molar-refractivity contribution in [3.05, 3.63) is 62.6 Å². The maximum atomic E-state index is 14.0. The lowest BCUT2D eigenvalue weighted by Crippen LogP contribution is -2.43.